The van der Waals surface area contributed by atoms with E-state index in [0.717, 1.165) is 37.0 Å². The lowest BCUT2D eigenvalue weighted by atomic mass is 9.46. The summed E-state index contributed by atoms with van der Waals surface area (Å²) in [5.74, 6) is 0.0498. The van der Waals surface area contributed by atoms with Crippen molar-refractivity contribution in [2.45, 2.75) is 64.4 Å². The molecule has 8 rings (SSSR count). The van der Waals surface area contributed by atoms with Gasteiger partial charge in [0.25, 0.3) is 0 Å². The number of ether oxygens (including phenoxy) is 2. The highest BCUT2D eigenvalue weighted by Gasteiger charge is 2.69. The summed E-state index contributed by atoms with van der Waals surface area (Å²) in [5, 5.41) is 0. The summed E-state index contributed by atoms with van der Waals surface area (Å²) in [6.07, 6.45) is 11.7. The van der Waals surface area contributed by atoms with Crippen LogP contribution < -0.4 is 0 Å². The second-order valence-electron chi connectivity index (χ2n) is 13.2. The fourth-order valence-corrected chi connectivity index (χ4v) is 10.3. The Morgan fingerprint density at radius 3 is 2.12 bits per heavy atom. The molecular formula is C28H34O6. The molecular weight excluding hydrogens is 432 g/mol. The van der Waals surface area contributed by atoms with Gasteiger partial charge >= 0.3 is 11.9 Å². The zero-order valence-corrected chi connectivity index (χ0v) is 20.0. The van der Waals surface area contributed by atoms with Crippen LogP contribution in [0.15, 0.2) is 12.2 Å². The number of rotatable bonds is 5. The molecule has 6 heteroatoms. The molecule has 182 valence electrons. The summed E-state index contributed by atoms with van der Waals surface area (Å²) in [7, 11) is 0. The summed E-state index contributed by atoms with van der Waals surface area (Å²) in [6.45, 7) is 3.66. The molecule has 0 N–H and O–H groups in total. The van der Waals surface area contributed by atoms with Crippen LogP contribution in [0.4, 0.5) is 0 Å². The normalized spacial score (nSPS) is 49.1. The van der Waals surface area contributed by atoms with Gasteiger partial charge in [-0.3, -0.25) is 14.4 Å². The van der Waals surface area contributed by atoms with Gasteiger partial charge in [0.2, 0.25) is 0 Å². The van der Waals surface area contributed by atoms with Crippen molar-refractivity contribution < 1.29 is 28.7 Å². The molecule has 0 aromatic rings. The second kappa shape index (κ2) is 6.82. The van der Waals surface area contributed by atoms with Crippen LogP contribution in [-0.2, 0) is 28.7 Å². The molecule has 34 heavy (non-hydrogen) atoms. The molecule has 0 aliphatic heterocycles. The van der Waals surface area contributed by atoms with Crippen LogP contribution in [0, 0.1) is 64.6 Å². The standard InChI is InChI=1S/C28H34O6/c1-27(2,28-9-13-5-14(10-28)7-15(6-13)11-28)34-20(29)12-33-26(32)19-8-18-21-16-3-4-17(24(16)30)22(21)23(19)25(18)31/h3-4,13-19,21-23H,5-12H2,1-2H3. The van der Waals surface area contributed by atoms with Crippen molar-refractivity contribution >= 4 is 23.5 Å². The first-order chi connectivity index (χ1) is 16.2. The first-order valence-corrected chi connectivity index (χ1v) is 13.3. The smallest absolute Gasteiger partial charge is 0.344 e. The van der Waals surface area contributed by atoms with Gasteiger partial charge in [0.1, 0.15) is 17.2 Å². The zero-order chi connectivity index (χ0) is 23.6. The maximum absolute atomic E-state index is 13.0. The summed E-state index contributed by atoms with van der Waals surface area (Å²) in [5.41, 5.74) is -0.548. The molecule has 7 atom stereocenters. The molecule has 8 aliphatic carbocycles. The molecule has 6 nitrogen and oxygen atoms in total. The zero-order valence-electron chi connectivity index (χ0n) is 20.0. The Balaban J connectivity index is 0.992. The quantitative estimate of drug-likeness (QED) is 0.350. The fourth-order valence-electron chi connectivity index (χ4n) is 10.3. The highest BCUT2D eigenvalue weighted by molar-refractivity contribution is 6.01. The van der Waals surface area contributed by atoms with Gasteiger partial charge in [-0.05, 0) is 88.4 Å². The molecule has 0 heterocycles. The first kappa shape index (κ1) is 21.3. The molecule has 0 aromatic carbocycles. The van der Waals surface area contributed by atoms with E-state index in [2.05, 4.69) is 0 Å². The van der Waals surface area contributed by atoms with Crippen molar-refractivity contribution in [1.82, 2.24) is 0 Å². The minimum absolute atomic E-state index is 0.0370. The summed E-state index contributed by atoms with van der Waals surface area (Å²) < 4.78 is 11.4. The summed E-state index contributed by atoms with van der Waals surface area (Å²) in [6, 6.07) is 0. The number of carbonyl (C=O) groups is 4. The molecule has 0 radical (unpaired) electrons. The molecule has 0 spiro atoms. The fraction of sp³-hybridized carbons (Fsp3) is 0.786. The van der Waals surface area contributed by atoms with E-state index >= 15 is 0 Å². The number of allylic oxidation sites excluding steroid dienone is 2. The monoisotopic (exact) mass is 466 g/mol. The first-order valence-electron chi connectivity index (χ1n) is 13.3. The summed E-state index contributed by atoms with van der Waals surface area (Å²) >= 11 is 0. The average molecular weight is 467 g/mol. The third-order valence-corrected chi connectivity index (χ3v) is 11.3. The van der Waals surface area contributed by atoms with Gasteiger partial charge in [-0.25, -0.2) is 4.79 Å². The van der Waals surface area contributed by atoms with Crippen molar-refractivity contribution in [3.05, 3.63) is 12.2 Å². The van der Waals surface area contributed by atoms with E-state index in [0.29, 0.717) is 6.42 Å². The Hall–Kier alpha value is -1.98. The van der Waals surface area contributed by atoms with Crippen LogP contribution in [0.3, 0.4) is 0 Å². The lowest BCUT2D eigenvalue weighted by Gasteiger charge is -2.61. The molecule has 7 unspecified atom stereocenters. The topological polar surface area (TPSA) is 86.7 Å². The van der Waals surface area contributed by atoms with Crippen molar-refractivity contribution in [3.8, 4) is 0 Å². The number of Topliss-reactive ketones (excluding diaryl/α,β-unsaturated/α-hetero) is 2. The lowest BCUT2D eigenvalue weighted by Crippen LogP contribution is -2.57. The van der Waals surface area contributed by atoms with E-state index in [1.807, 2.05) is 26.0 Å². The second-order valence-corrected chi connectivity index (χ2v) is 13.2. The molecule has 8 bridgehead atoms. The molecule has 8 aliphatic rings. The lowest BCUT2D eigenvalue weighted by molar-refractivity contribution is -0.203. The molecule has 0 amide bonds. The van der Waals surface area contributed by atoms with Crippen LogP contribution in [0.2, 0.25) is 0 Å². The molecule has 7 saturated carbocycles. The van der Waals surface area contributed by atoms with Gasteiger partial charge in [0.05, 0.1) is 5.92 Å². The van der Waals surface area contributed by atoms with Gasteiger partial charge in [-0.15, -0.1) is 0 Å². The predicted octanol–water partition coefficient (Wildman–Crippen LogP) is 3.52. The van der Waals surface area contributed by atoms with Crippen LogP contribution in [0.25, 0.3) is 0 Å². The molecule has 0 aromatic heterocycles. The Labute approximate surface area is 200 Å². The average Bonchev–Trinajstić information content (AvgIpc) is 3.47. The SMILES string of the molecule is CC(C)(OC(=O)COC(=O)C1CC2C(=O)C1C1C3C=CC(C3=O)C21)C12CC3CC(CC(C3)C1)C2. The maximum atomic E-state index is 13.0. The van der Waals surface area contributed by atoms with Crippen LogP contribution in [0.1, 0.15) is 58.8 Å². The largest absolute Gasteiger partial charge is 0.457 e. The Morgan fingerprint density at radius 1 is 0.912 bits per heavy atom. The van der Waals surface area contributed by atoms with Gasteiger partial charge in [-0.2, -0.15) is 0 Å². The summed E-state index contributed by atoms with van der Waals surface area (Å²) in [4.78, 5) is 51.2. The van der Waals surface area contributed by atoms with Crippen molar-refractivity contribution in [2.24, 2.45) is 64.6 Å². The minimum Gasteiger partial charge on any atom is -0.457 e. The van der Waals surface area contributed by atoms with E-state index in [1.165, 1.54) is 19.3 Å². The van der Waals surface area contributed by atoms with Crippen molar-refractivity contribution in [2.75, 3.05) is 6.61 Å². The molecule has 0 saturated heterocycles. The predicted molar refractivity (Wildman–Crippen MR) is 120 cm³/mol. The van der Waals surface area contributed by atoms with Crippen LogP contribution in [0.5, 0.6) is 0 Å². The third-order valence-electron chi connectivity index (χ3n) is 11.3. The van der Waals surface area contributed by atoms with Crippen LogP contribution >= 0.6 is 0 Å². The van der Waals surface area contributed by atoms with E-state index in [9.17, 15) is 19.2 Å². The van der Waals surface area contributed by atoms with Crippen molar-refractivity contribution in [1.29, 1.82) is 0 Å². The van der Waals surface area contributed by atoms with Gasteiger partial charge < -0.3 is 9.47 Å². The molecule has 7 fully saturated rings. The van der Waals surface area contributed by atoms with Gasteiger partial charge in [-0.1, -0.05) is 12.2 Å². The Kier molecular flexibility index (Phi) is 4.28. The third kappa shape index (κ3) is 2.69. The maximum Gasteiger partial charge on any atom is 0.344 e. The number of esters is 2. The van der Waals surface area contributed by atoms with Gasteiger partial charge in [0, 0.05) is 29.1 Å². The van der Waals surface area contributed by atoms with Crippen molar-refractivity contribution in [3.63, 3.8) is 0 Å². The van der Waals surface area contributed by atoms with E-state index in [-0.39, 0.29) is 46.6 Å². The number of hydrogen-bond donors (Lipinski definition) is 0. The highest BCUT2D eigenvalue weighted by Crippen LogP contribution is 2.65. The van der Waals surface area contributed by atoms with E-state index < -0.39 is 36.0 Å². The highest BCUT2D eigenvalue weighted by atomic mass is 16.6. The number of hydrogen-bond acceptors (Lipinski definition) is 6. The van der Waals surface area contributed by atoms with E-state index in [1.54, 1.807) is 0 Å². The van der Waals surface area contributed by atoms with Crippen LogP contribution in [-0.4, -0.2) is 35.7 Å². The number of ketones is 2. The minimum atomic E-state index is -0.585. The van der Waals surface area contributed by atoms with E-state index in [4.69, 9.17) is 9.47 Å². The van der Waals surface area contributed by atoms with Gasteiger partial charge in [0.15, 0.2) is 6.61 Å². The Morgan fingerprint density at radius 2 is 1.50 bits per heavy atom. The number of fused-ring (bicyclic) bond motifs is 9. The Bertz CT molecular complexity index is 987. The number of carbonyl (C=O) groups excluding carboxylic acids is 4.